The molecule has 0 aliphatic heterocycles. The van der Waals surface area contributed by atoms with Gasteiger partial charge in [0.2, 0.25) is 0 Å². The van der Waals surface area contributed by atoms with E-state index >= 15 is 0 Å². The van der Waals surface area contributed by atoms with Gasteiger partial charge >= 0.3 is 5.97 Å². The first-order valence-corrected chi connectivity index (χ1v) is 7.58. The highest BCUT2D eigenvalue weighted by molar-refractivity contribution is 5.71. The van der Waals surface area contributed by atoms with E-state index in [1.54, 1.807) is 0 Å². The van der Waals surface area contributed by atoms with Crippen LogP contribution in [-0.2, 0) is 20.4 Å². The Kier molecular flexibility index (Phi) is 5.57. The molecule has 0 aromatic heterocycles. The molecule has 0 aliphatic rings. The molecule has 2 N–H and O–H groups in total. The second kappa shape index (κ2) is 6.61. The molecule has 0 amide bonds. The molecule has 2 unspecified atom stereocenters. The molecule has 0 radical (unpaired) electrons. The number of carbonyl (C=O) groups excluding carboxylic acids is 1. The Morgan fingerprint density at radius 2 is 1.62 bits per heavy atom. The zero-order valence-electron chi connectivity index (χ0n) is 14.2. The van der Waals surface area contributed by atoms with Crippen molar-refractivity contribution in [3.05, 3.63) is 35.4 Å². The zero-order valence-corrected chi connectivity index (χ0v) is 14.2. The minimum atomic E-state index is -0.405. The van der Waals surface area contributed by atoms with Gasteiger partial charge in [0.05, 0.1) is 13.5 Å². The van der Waals surface area contributed by atoms with Crippen molar-refractivity contribution in [1.29, 1.82) is 0 Å². The molecule has 3 nitrogen and oxygen atoms in total. The summed E-state index contributed by atoms with van der Waals surface area (Å²) in [7, 11) is 1.42. The number of rotatable bonds is 5. The Morgan fingerprint density at radius 1 is 1.14 bits per heavy atom. The molecule has 0 saturated carbocycles. The first-order chi connectivity index (χ1) is 9.65. The number of benzene rings is 1. The fourth-order valence-electron chi connectivity index (χ4n) is 2.62. The topological polar surface area (TPSA) is 52.3 Å². The van der Waals surface area contributed by atoms with E-state index in [0.29, 0.717) is 6.42 Å². The summed E-state index contributed by atoms with van der Waals surface area (Å²) < 4.78 is 4.85. The van der Waals surface area contributed by atoms with Gasteiger partial charge in [-0.15, -0.1) is 0 Å². The molecule has 118 valence electrons. The molecule has 0 saturated heterocycles. The minimum absolute atomic E-state index is 0.0860. The first kappa shape index (κ1) is 17.7. The van der Waals surface area contributed by atoms with E-state index in [0.717, 1.165) is 12.0 Å². The number of carbonyl (C=O) groups is 1. The van der Waals surface area contributed by atoms with Gasteiger partial charge in [0.15, 0.2) is 0 Å². The van der Waals surface area contributed by atoms with Crippen molar-refractivity contribution < 1.29 is 9.53 Å². The van der Waals surface area contributed by atoms with E-state index in [9.17, 15) is 4.79 Å². The number of hydrogen-bond donors (Lipinski definition) is 1. The van der Waals surface area contributed by atoms with Crippen LogP contribution in [0.25, 0.3) is 0 Å². The summed E-state index contributed by atoms with van der Waals surface area (Å²) in [5.41, 5.74) is 8.38. The van der Waals surface area contributed by atoms with Gasteiger partial charge in [-0.3, -0.25) is 4.79 Å². The van der Waals surface area contributed by atoms with Gasteiger partial charge in [0, 0.05) is 11.5 Å². The molecular weight excluding hydrogens is 262 g/mol. The highest BCUT2D eigenvalue weighted by Crippen LogP contribution is 2.34. The van der Waals surface area contributed by atoms with Crippen LogP contribution < -0.4 is 5.73 Å². The van der Waals surface area contributed by atoms with Crippen LogP contribution in [0, 0.1) is 0 Å². The molecule has 21 heavy (non-hydrogen) atoms. The molecule has 1 aromatic rings. The summed E-state index contributed by atoms with van der Waals surface area (Å²) >= 11 is 0. The maximum atomic E-state index is 11.8. The van der Waals surface area contributed by atoms with Crippen LogP contribution in [0.5, 0.6) is 0 Å². The van der Waals surface area contributed by atoms with Gasteiger partial charge in [-0.25, -0.2) is 0 Å². The third kappa shape index (κ3) is 4.07. The number of esters is 1. The fraction of sp³-hybridized carbons (Fsp3) is 0.611. The molecule has 0 aliphatic carbocycles. The van der Waals surface area contributed by atoms with Gasteiger partial charge < -0.3 is 10.5 Å². The van der Waals surface area contributed by atoms with Crippen molar-refractivity contribution in [1.82, 2.24) is 0 Å². The number of methoxy groups -OCH3 is 1. The summed E-state index contributed by atoms with van der Waals surface area (Å²) in [6, 6.07) is 8.37. The Morgan fingerprint density at radius 3 is 2.00 bits per heavy atom. The fourth-order valence-corrected chi connectivity index (χ4v) is 2.62. The van der Waals surface area contributed by atoms with Crippen molar-refractivity contribution >= 4 is 5.97 Å². The predicted molar refractivity (Wildman–Crippen MR) is 87.4 cm³/mol. The number of ether oxygens (including phenoxy) is 1. The van der Waals surface area contributed by atoms with Crippen LogP contribution in [0.15, 0.2) is 24.3 Å². The highest BCUT2D eigenvalue weighted by Gasteiger charge is 2.35. The lowest BCUT2D eigenvalue weighted by Gasteiger charge is -2.35. The van der Waals surface area contributed by atoms with Crippen molar-refractivity contribution in [2.45, 2.75) is 64.3 Å². The van der Waals surface area contributed by atoms with Crippen LogP contribution in [-0.4, -0.2) is 19.1 Å². The van der Waals surface area contributed by atoms with Gasteiger partial charge in [0.1, 0.15) is 0 Å². The lowest BCUT2D eigenvalue weighted by Crippen LogP contribution is -2.44. The highest BCUT2D eigenvalue weighted by atomic mass is 16.5. The molecule has 2 atom stereocenters. The van der Waals surface area contributed by atoms with Gasteiger partial charge in [-0.1, -0.05) is 58.9 Å². The van der Waals surface area contributed by atoms with E-state index in [2.05, 4.69) is 45.0 Å². The summed E-state index contributed by atoms with van der Waals surface area (Å²) in [5, 5.41) is 0. The lowest BCUT2D eigenvalue weighted by molar-refractivity contribution is -0.142. The van der Waals surface area contributed by atoms with E-state index in [-0.39, 0.29) is 17.4 Å². The Labute approximate surface area is 128 Å². The van der Waals surface area contributed by atoms with E-state index in [4.69, 9.17) is 10.5 Å². The summed E-state index contributed by atoms with van der Waals surface area (Å²) in [4.78, 5) is 11.8. The molecule has 1 aromatic carbocycles. The van der Waals surface area contributed by atoms with Crippen LogP contribution in [0.4, 0.5) is 0 Å². The Bertz CT molecular complexity index is 473. The van der Waals surface area contributed by atoms with Gasteiger partial charge in [-0.05, 0) is 23.0 Å². The third-order valence-electron chi connectivity index (χ3n) is 4.41. The SMILES string of the molecule is CCC(N)C(C)(CC(=O)OC)c1ccc(C(C)(C)C)cc1. The molecule has 0 spiro atoms. The molecule has 0 heterocycles. The molecule has 0 fully saturated rings. The Balaban J connectivity index is 3.18. The molecule has 1 rings (SSSR count). The second-order valence-corrected chi connectivity index (χ2v) is 7.01. The van der Waals surface area contributed by atoms with Crippen molar-refractivity contribution in [3.8, 4) is 0 Å². The molecule has 3 heteroatoms. The standard InChI is InChI=1S/C18H29NO2/c1-7-15(19)18(5,12-16(20)21-6)14-10-8-13(9-11-14)17(2,3)4/h8-11,15H,7,12,19H2,1-6H3. The smallest absolute Gasteiger partial charge is 0.306 e. The maximum Gasteiger partial charge on any atom is 0.306 e. The third-order valence-corrected chi connectivity index (χ3v) is 4.41. The van der Waals surface area contributed by atoms with E-state index in [1.807, 2.05) is 13.8 Å². The largest absolute Gasteiger partial charge is 0.469 e. The Hall–Kier alpha value is -1.35. The number of nitrogens with two attached hydrogens (primary N) is 1. The van der Waals surface area contributed by atoms with Crippen LogP contribution in [0.1, 0.15) is 58.6 Å². The summed E-state index contributed by atoms with van der Waals surface area (Å²) in [5.74, 6) is -0.221. The monoisotopic (exact) mass is 291 g/mol. The average molecular weight is 291 g/mol. The summed E-state index contributed by atoms with van der Waals surface area (Å²) in [6.45, 7) is 10.7. The van der Waals surface area contributed by atoms with Crippen LogP contribution in [0.2, 0.25) is 0 Å². The quantitative estimate of drug-likeness (QED) is 0.844. The van der Waals surface area contributed by atoms with Crippen molar-refractivity contribution in [2.24, 2.45) is 5.73 Å². The van der Waals surface area contributed by atoms with Gasteiger partial charge in [0.25, 0.3) is 0 Å². The maximum absolute atomic E-state index is 11.8. The normalized spacial score (nSPS) is 16.1. The minimum Gasteiger partial charge on any atom is -0.469 e. The molecular formula is C18H29NO2. The van der Waals surface area contributed by atoms with E-state index < -0.39 is 5.41 Å². The lowest BCUT2D eigenvalue weighted by atomic mass is 9.72. The van der Waals surface area contributed by atoms with Crippen LogP contribution >= 0.6 is 0 Å². The van der Waals surface area contributed by atoms with Crippen molar-refractivity contribution in [2.75, 3.05) is 7.11 Å². The average Bonchev–Trinajstić information content (AvgIpc) is 2.45. The van der Waals surface area contributed by atoms with E-state index in [1.165, 1.54) is 12.7 Å². The zero-order chi connectivity index (χ0) is 16.3. The second-order valence-electron chi connectivity index (χ2n) is 7.01. The first-order valence-electron chi connectivity index (χ1n) is 7.58. The van der Waals surface area contributed by atoms with Crippen molar-refractivity contribution in [3.63, 3.8) is 0 Å². The predicted octanol–water partition coefficient (Wildman–Crippen LogP) is 3.54. The summed E-state index contributed by atoms with van der Waals surface area (Å²) in [6.07, 6.45) is 1.11. The van der Waals surface area contributed by atoms with Gasteiger partial charge in [-0.2, -0.15) is 0 Å². The number of hydrogen-bond acceptors (Lipinski definition) is 3. The molecule has 0 bridgehead atoms. The van der Waals surface area contributed by atoms with Crippen LogP contribution in [0.3, 0.4) is 0 Å².